The molecule has 0 aliphatic heterocycles. The fourth-order valence-corrected chi connectivity index (χ4v) is 2.73. The summed E-state index contributed by atoms with van der Waals surface area (Å²) in [6.07, 6.45) is 0. The van der Waals surface area contributed by atoms with Crippen molar-refractivity contribution in [2.24, 2.45) is 16.4 Å². The molecule has 0 spiro atoms. The average molecular weight is 287 g/mol. The van der Waals surface area contributed by atoms with Gasteiger partial charge >= 0.3 is 5.97 Å². The molecule has 0 aliphatic carbocycles. The van der Waals surface area contributed by atoms with Gasteiger partial charge in [-0.1, -0.05) is 34.6 Å². The summed E-state index contributed by atoms with van der Waals surface area (Å²) in [5.41, 5.74) is 7.01. The van der Waals surface area contributed by atoms with Crippen LogP contribution in [0.3, 0.4) is 0 Å². The molecule has 0 heterocycles. The predicted molar refractivity (Wildman–Crippen MR) is 75.7 cm³/mol. The van der Waals surface area contributed by atoms with Crippen LogP contribution in [-0.2, 0) is 14.3 Å². The lowest BCUT2D eigenvalue weighted by molar-refractivity contribution is -0.159. The van der Waals surface area contributed by atoms with E-state index in [2.05, 4.69) is 10.0 Å². The number of esters is 1. The minimum absolute atomic E-state index is 0.120. The Bertz CT molecular complexity index is 398. The van der Waals surface area contributed by atoms with Crippen LogP contribution in [0.15, 0.2) is 5.11 Å². The van der Waals surface area contributed by atoms with Gasteiger partial charge in [0.1, 0.15) is 5.41 Å². The van der Waals surface area contributed by atoms with Gasteiger partial charge in [0, 0.05) is 15.4 Å². The highest BCUT2D eigenvalue weighted by Crippen LogP contribution is 2.38. The first-order valence-corrected chi connectivity index (χ1v) is 6.92. The van der Waals surface area contributed by atoms with Gasteiger partial charge in [-0.2, -0.15) is 11.8 Å². The van der Waals surface area contributed by atoms with Gasteiger partial charge in [0.15, 0.2) is 0 Å². The van der Waals surface area contributed by atoms with E-state index >= 15 is 0 Å². The number of rotatable bonds is 5. The first kappa shape index (κ1) is 17.8. The van der Waals surface area contributed by atoms with Crippen molar-refractivity contribution in [3.05, 3.63) is 10.4 Å². The fraction of sp³-hybridized carbons (Fsp3) is 0.833. The zero-order chi connectivity index (χ0) is 15.3. The Morgan fingerprint density at radius 1 is 1.37 bits per heavy atom. The lowest BCUT2D eigenvalue weighted by Crippen LogP contribution is -2.46. The van der Waals surface area contributed by atoms with E-state index in [1.165, 1.54) is 18.9 Å². The second-order valence-corrected chi connectivity index (χ2v) is 7.32. The van der Waals surface area contributed by atoms with E-state index in [4.69, 9.17) is 10.3 Å². The molecule has 0 fully saturated rings. The summed E-state index contributed by atoms with van der Waals surface area (Å²) in [7, 11) is 1.23. The zero-order valence-electron chi connectivity index (χ0n) is 12.3. The average Bonchev–Trinajstić information content (AvgIpc) is 2.27. The molecular weight excluding hydrogens is 266 g/mol. The summed E-state index contributed by atoms with van der Waals surface area (Å²) < 4.78 is 4.63. The number of hydrogen-bond acceptors (Lipinski definition) is 4. The Kier molecular flexibility index (Phi) is 6.39. The quantitative estimate of drug-likeness (QED) is 0.255. The van der Waals surface area contributed by atoms with E-state index in [0.29, 0.717) is 0 Å². The second kappa shape index (κ2) is 6.82. The number of nitrogens with zero attached hydrogens (tertiary/aromatic N) is 3. The van der Waals surface area contributed by atoms with Crippen molar-refractivity contribution in [3.8, 4) is 0 Å². The first-order chi connectivity index (χ1) is 8.61. The largest absolute Gasteiger partial charge is 0.468 e. The Morgan fingerprint density at radius 2 is 1.89 bits per heavy atom. The molecule has 0 saturated heterocycles. The standard InChI is InChI=1S/C12H21N3O3S/c1-8(2)12(10(17)18-6,9(16)14-15-13)7-19-11(3,4)5/h8H,7H2,1-6H3. The molecule has 108 valence electrons. The molecule has 1 unspecified atom stereocenters. The van der Waals surface area contributed by atoms with Crippen LogP contribution >= 0.6 is 11.8 Å². The molecule has 1 atom stereocenters. The third-order valence-electron chi connectivity index (χ3n) is 2.79. The Labute approximate surface area is 117 Å². The van der Waals surface area contributed by atoms with Gasteiger partial charge in [-0.25, -0.2) is 0 Å². The zero-order valence-corrected chi connectivity index (χ0v) is 13.1. The van der Waals surface area contributed by atoms with Crippen molar-refractivity contribution in [2.75, 3.05) is 12.9 Å². The number of ether oxygens (including phenoxy) is 1. The summed E-state index contributed by atoms with van der Waals surface area (Å²) in [6, 6.07) is 0. The third kappa shape index (κ3) is 4.44. The Hall–Kier alpha value is -1.20. The maximum Gasteiger partial charge on any atom is 0.320 e. The van der Waals surface area contributed by atoms with E-state index in [9.17, 15) is 9.59 Å². The van der Waals surface area contributed by atoms with Gasteiger partial charge in [0.2, 0.25) is 5.91 Å². The Balaban J connectivity index is 5.58. The predicted octanol–water partition coefficient (Wildman–Crippen LogP) is 3.17. The van der Waals surface area contributed by atoms with Gasteiger partial charge in [0.25, 0.3) is 0 Å². The van der Waals surface area contributed by atoms with Gasteiger partial charge in [0.05, 0.1) is 7.11 Å². The van der Waals surface area contributed by atoms with Crippen LogP contribution < -0.4 is 0 Å². The van der Waals surface area contributed by atoms with Crippen molar-refractivity contribution >= 4 is 23.6 Å². The summed E-state index contributed by atoms with van der Waals surface area (Å²) in [5, 5.41) is 3.12. The molecule has 0 aromatic carbocycles. The molecule has 0 aromatic rings. The van der Waals surface area contributed by atoms with Crippen LogP contribution in [-0.4, -0.2) is 29.5 Å². The molecule has 0 rings (SSSR count). The molecule has 19 heavy (non-hydrogen) atoms. The highest BCUT2D eigenvalue weighted by Gasteiger charge is 2.49. The summed E-state index contributed by atoms with van der Waals surface area (Å²) in [5.74, 6) is -1.54. The highest BCUT2D eigenvalue weighted by molar-refractivity contribution is 8.00. The molecule has 0 radical (unpaired) electrons. The van der Waals surface area contributed by atoms with Gasteiger partial charge in [-0.15, -0.1) is 0 Å². The topological polar surface area (TPSA) is 92.1 Å². The SMILES string of the molecule is COC(=O)C(CSC(C)(C)C)(C(=O)N=[N+]=[N-])C(C)C. The normalized spacial score (nSPS) is 14.5. The van der Waals surface area contributed by atoms with E-state index in [1.54, 1.807) is 13.8 Å². The molecule has 7 heteroatoms. The van der Waals surface area contributed by atoms with E-state index in [-0.39, 0.29) is 16.4 Å². The molecule has 0 aliphatic rings. The number of carbonyl (C=O) groups excluding carboxylic acids is 2. The van der Waals surface area contributed by atoms with Crippen LogP contribution in [0.2, 0.25) is 0 Å². The van der Waals surface area contributed by atoms with E-state index < -0.39 is 17.3 Å². The number of carbonyl (C=O) groups is 2. The lowest BCUT2D eigenvalue weighted by atomic mass is 9.78. The van der Waals surface area contributed by atoms with Crippen LogP contribution in [0.4, 0.5) is 0 Å². The van der Waals surface area contributed by atoms with Crippen LogP contribution in [0.5, 0.6) is 0 Å². The van der Waals surface area contributed by atoms with Crippen molar-refractivity contribution in [2.45, 2.75) is 39.4 Å². The summed E-state index contributed by atoms with van der Waals surface area (Å²) in [4.78, 5) is 26.7. The fourth-order valence-electron chi connectivity index (χ4n) is 1.50. The van der Waals surface area contributed by atoms with Gasteiger partial charge < -0.3 is 4.74 Å². The molecule has 0 bridgehead atoms. The van der Waals surface area contributed by atoms with Gasteiger partial charge in [-0.3, -0.25) is 9.59 Å². The molecule has 6 nitrogen and oxygen atoms in total. The summed E-state index contributed by atoms with van der Waals surface area (Å²) >= 11 is 1.46. The maximum absolute atomic E-state index is 12.1. The monoisotopic (exact) mass is 287 g/mol. The minimum atomic E-state index is -1.43. The highest BCUT2D eigenvalue weighted by atomic mass is 32.2. The molecular formula is C12H21N3O3S. The molecule has 0 aromatic heterocycles. The lowest BCUT2D eigenvalue weighted by Gasteiger charge is -2.33. The smallest absolute Gasteiger partial charge is 0.320 e. The molecule has 0 N–H and O–H groups in total. The number of amides is 1. The number of methoxy groups -OCH3 is 1. The second-order valence-electron chi connectivity index (χ2n) is 5.51. The van der Waals surface area contributed by atoms with E-state index in [1.807, 2.05) is 20.8 Å². The Morgan fingerprint density at radius 3 is 2.21 bits per heavy atom. The van der Waals surface area contributed by atoms with Crippen LogP contribution in [0.25, 0.3) is 10.4 Å². The van der Waals surface area contributed by atoms with Crippen LogP contribution in [0, 0.1) is 11.3 Å². The first-order valence-electron chi connectivity index (χ1n) is 5.93. The van der Waals surface area contributed by atoms with Crippen LogP contribution in [0.1, 0.15) is 34.6 Å². The van der Waals surface area contributed by atoms with E-state index in [0.717, 1.165) is 0 Å². The minimum Gasteiger partial charge on any atom is -0.468 e. The number of thioether (sulfide) groups is 1. The maximum atomic E-state index is 12.1. The molecule has 1 amide bonds. The van der Waals surface area contributed by atoms with Crippen molar-refractivity contribution < 1.29 is 14.3 Å². The van der Waals surface area contributed by atoms with Crippen molar-refractivity contribution in [3.63, 3.8) is 0 Å². The van der Waals surface area contributed by atoms with Crippen molar-refractivity contribution in [1.82, 2.24) is 0 Å². The summed E-state index contributed by atoms with van der Waals surface area (Å²) in [6.45, 7) is 9.43. The number of hydrogen-bond donors (Lipinski definition) is 0. The molecule has 0 saturated carbocycles. The van der Waals surface area contributed by atoms with Gasteiger partial charge in [-0.05, 0) is 16.6 Å². The number of azide groups is 1. The van der Waals surface area contributed by atoms with Crippen molar-refractivity contribution in [1.29, 1.82) is 0 Å². The third-order valence-corrected chi connectivity index (χ3v) is 4.25.